The summed E-state index contributed by atoms with van der Waals surface area (Å²) in [6.45, 7) is 0.892. The van der Waals surface area contributed by atoms with E-state index in [4.69, 9.17) is 25.8 Å². The molecule has 7 nitrogen and oxygen atoms in total. The van der Waals surface area contributed by atoms with Gasteiger partial charge in [-0.25, -0.2) is 0 Å². The van der Waals surface area contributed by atoms with Crippen molar-refractivity contribution in [3.63, 3.8) is 0 Å². The Labute approximate surface area is 197 Å². The third-order valence-electron chi connectivity index (χ3n) is 7.08. The molecule has 0 aromatic heterocycles. The molecule has 4 N–H and O–H groups in total. The van der Waals surface area contributed by atoms with Gasteiger partial charge in [-0.2, -0.15) is 0 Å². The molecule has 0 saturated carbocycles. The summed E-state index contributed by atoms with van der Waals surface area (Å²) in [4.78, 5) is 0. The second-order valence-electron chi connectivity index (χ2n) is 9.18. The van der Waals surface area contributed by atoms with E-state index in [-0.39, 0.29) is 6.10 Å². The molecule has 3 aliphatic rings. The average Bonchev–Trinajstić information content (AvgIpc) is 3.45. The summed E-state index contributed by atoms with van der Waals surface area (Å²) in [6.07, 6.45) is -2.47. The molecule has 2 heterocycles. The molecule has 0 bridgehead atoms. The number of hydrogen-bond donors (Lipinski definition) is 4. The van der Waals surface area contributed by atoms with Crippen molar-refractivity contribution in [2.45, 2.75) is 61.8 Å². The first kappa shape index (κ1) is 23.1. The number of hydrogen-bond acceptors (Lipinski definition) is 7. The van der Waals surface area contributed by atoms with Gasteiger partial charge in [0.1, 0.15) is 41.9 Å². The summed E-state index contributed by atoms with van der Waals surface area (Å²) < 4.78 is 17.3. The molecular weight excluding hydrogens is 448 g/mol. The van der Waals surface area contributed by atoms with Gasteiger partial charge < -0.3 is 34.6 Å². The van der Waals surface area contributed by atoms with Crippen molar-refractivity contribution < 1.29 is 34.6 Å². The number of ether oxygens (including phenoxy) is 3. The maximum absolute atomic E-state index is 10.9. The molecule has 2 aromatic rings. The van der Waals surface area contributed by atoms with Gasteiger partial charge in [0, 0.05) is 11.4 Å². The maximum atomic E-state index is 10.9. The molecule has 178 valence electrons. The van der Waals surface area contributed by atoms with Crippen molar-refractivity contribution in [1.29, 1.82) is 0 Å². The zero-order valence-electron chi connectivity index (χ0n) is 18.2. The van der Waals surface area contributed by atoms with E-state index in [2.05, 4.69) is 0 Å². The van der Waals surface area contributed by atoms with Gasteiger partial charge in [-0.15, -0.1) is 0 Å². The van der Waals surface area contributed by atoms with Crippen LogP contribution in [0.25, 0.3) is 0 Å². The van der Waals surface area contributed by atoms with Crippen LogP contribution in [0.1, 0.15) is 35.1 Å². The van der Waals surface area contributed by atoms with Crippen LogP contribution in [-0.2, 0) is 27.9 Å². The largest absolute Gasteiger partial charge is 0.488 e. The Kier molecular flexibility index (Phi) is 6.39. The van der Waals surface area contributed by atoms with E-state index in [0.717, 1.165) is 41.0 Å². The lowest BCUT2D eigenvalue weighted by atomic mass is 9.80. The minimum Gasteiger partial charge on any atom is -0.488 e. The number of aliphatic hydroxyl groups excluding tert-OH is 4. The normalized spacial score (nSPS) is 33.4. The first-order chi connectivity index (χ1) is 15.9. The average molecular weight is 477 g/mol. The van der Waals surface area contributed by atoms with Gasteiger partial charge in [0.15, 0.2) is 0 Å². The molecule has 6 unspecified atom stereocenters. The van der Waals surface area contributed by atoms with Crippen LogP contribution in [0.3, 0.4) is 0 Å². The van der Waals surface area contributed by atoms with Crippen molar-refractivity contribution in [3.05, 3.63) is 63.7 Å². The van der Waals surface area contributed by atoms with Gasteiger partial charge in [-0.1, -0.05) is 29.8 Å². The van der Waals surface area contributed by atoms with Crippen LogP contribution in [0.15, 0.2) is 36.4 Å². The van der Waals surface area contributed by atoms with Gasteiger partial charge in [0.25, 0.3) is 0 Å². The van der Waals surface area contributed by atoms with E-state index in [1.165, 1.54) is 0 Å². The number of rotatable bonds is 5. The minimum atomic E-state index is -1.42. The molecule has 8 heteroatoms. The smallest absolute Gasteiger partial charge is 0.124 e. The first-order valence-corrected chi connectivity index (χ1v) is 11.8. The summed E-state index contributed by atoms with van der Waals surface area (Å²) in [7, 11) is 0. The molecule has 0 radical (unpaired) electrons. The number of halogens is 1. The lowest BCUT2D eigenvalue weighted by molar-refractivity contribution is -0.278. The number of aliphatic hydroxyl groups is 4. The van der Waals surface area contributed by atoms with Crippen LogP contribution in [-0.4, -0.2) is 70.8 Å². The molecule has 2 aromatic carbocycles. The molecule has 1 aliphatic carbocycles. The predicted molar refractivity (Wildman–Crippen MR) is 121 cm³/mol. The van der Waals surface area contributed by atoms with E-state index in [1.807, 2.05) is 36.4 Å². The molecule has 2 fully saturated rings. The monoisotopic (exact) mass is 476 g/mol. The summed E-state index contributed by atoms with van der Waals surface area (Å²) >= 11 is 6.60. The highest BCUT2D eigenvalue weighted by molar-refractivity contribution is 6.31. The van der Waals surface area contributed by atoms with Gasteiger partial charge in [0.2, 0.25) is 0 Å². The molecule has 33 heavy (non-hydrogen) atoms. The van der Waals surface area contributed by atoms with Crippen molar-refractivity contribution >= 4 is 11.6 Å². The number of fused-ring (bicyclic) bond motifs is 2. The zero-order valence-corrected chi connectivity index (χ0v) is 18.9. The van der Waals surface area contributed by atoms with Crippen molar-refractivity contribution in [1.82, 2.24) is 0 Å². The minimum absolute atomic E-state index is 0.0942. The summed E-state index contributed by atoms with van der Waals surface area (Å²) in [6, 6.07) is 11.7. The molecule has 0 amide bonds. The highest BCUT2D eigenvalue weighted by Crippen LogP contribution is 2.49. The van der Waals surface area contributed by atoms with E-state index in [0.29, 0.717) is 30.9 Å². The number of aryl methyl sites for hydroxylation is 1. The summed E-state index contributed by atoms with van der Waals surface area (Å²) in [5.74, 6) is 0.801. The molecular formula is C25H29ClO7. The van der Waals surface area contributed by atoms with Crippen LogP contribution in [0, 0.1) is 0 Å². The standard InChI is InChI=1S/C25H29ClO7/c26-20-11-15-5-7-25(24(30)23(29)22(28)21(12-27)33-25)19(15)10-16(20)9-14-1-3-17(4-2-14)32-18-6-8-31-13-18/h1-4,10-11,18,21-24,27-30H,5-9,12-13H2. The Bertz CT molecular complexity index is 989. The van der Waals surface area contributed by atoms with Crippen LogP contribution in [0.4, 0.5) is 0 Å². The predicted octanol–water partition coefficient (Wildman–Crippen LogP) is 1.71. The lowest BCUT2D eigenvalue weighted by Gasteiger charge is -2.47. The van der Waals surface area contributed by atoms with Gasteiger partial charge in [0.05, 0.1) is 19.8 Å². The Morgan fingerprint density at radius 1 is 1.09 bits per heavy atom. The Morgan fingerprint density at radius 3 is 2.58 bits per heavy atom. The van der Waals surface area contributed by atoms with Gasteiger partial charge in [-0.3, -0.25) is 0 Å². The van der Waals surface area contributed by atoms with Crippen molar-refractivity contribution in [2.75, 3.05) is 19.8 Å². The van der Waals surface area contributed by atoms with Crippen LogP contribution < -0.4 is 4.74 Å². The fourth-order valence-electron chi connectivity index (χ4n) is 5.22. The quantitative estimate of drug-likeness (QED) is 0.520. The van der Waals surface area contributed by atoms with E-state index < -0.39 is 36.6 Å². The second kappa shape index (κ2) is 9.15. The summed E-state index contributed by atoms with van der Waals surface area (Å²) in [5.41, 5.74) is 2.41. The fraction of sp³-hybridized carbons (Fsp3) is 0.520. The highest BCUT2D eigenvalue weighted by atomic mass is 35.5. The second-order valence-corrected chi connectivity index (χ2v) is 9.59. The lowest BCUT2D eigenvalue weighted by Crippen LogP contribution is -2.62. The highest BCUT2D eigenvalue weighted by Gasteiger charge is 2.56. The molecule has 2 saturated heterocycles. The molecule has 1 spiro atoms. The Morgan fingerprint density at radius 2 is 1.88 bits per heavy atom. The van der Waals surface area contributed by atoms with E-state index in [9.17, 15) is 20.4 Å². The third-order valence-corrected chi connectivity index (χ3v) is 7.43. The Balaban J connectivity index is 1.40. The van der Waals surface area contributed by atoms with Crippen LogP contribution >= 0.6 is 11.6 Å². The van der Waals surface area contributed by atoms with Gasteiger partial charge >= 0.3 is 0 Å². The van der Waals surface area contributed by atoms with Crippen LogP contribution in [0.2, 0.25) is 5.02 Å². The maximum Gasteiger partial charge on any atom is 0.124 e. The number of benzene rings is 2. The third kappa shape index (κ3) is 4.17. The molecule has 5 rings (SSSR count). The first-order valence-electron chi connectivity index (χ1n) is 11.4. The Hall–Kier alpha value is -1.71. The van der Waals surface area contributed by atoms with E-state index in [1.54, 1.807) is 0 Å². The molecule has 2 aliphatic heterocycles. The zero-order chi connectivity index (χ0) is 23.2. The van der Waals surface area contributed by atoms with E-state index >= 15 is 0 Å². The topological polar surface area (TPSA) is 109 Å². The fourth-order valence-corrected chi connectivity index (χ4v) is 5.47. The van der Waals surface area contributed by atoms with Crippen molar-refractivity contribution in [3.8, 4) is 5.75 Å². The van der Waals surface area contributed by atoms with Crippen molar-refractivity contribution in [2.24, 2.45) is 0 Å². The SMILES string of the molecule is OCC1OC2(CCc3cc(Cl)c(Cc4ccc(OC5CCOC5)cc4)cc32)C(O)C(O)C1O. The van der Waals surface area contributed by atoms with Crippen LogP contribution in [0.5, 0.6) is 5.75 Å². The van der Waals surface area contributed by atoms with Gasteiger partial charge in [-0.05, 0) is 59.7 Å². The summed E-state index contributed by atoms with van der Waals surface area (Å²) in [5, 5.41) is 41.8. The molecule has 6 atom stereocenters.